The van der Waals surface area contributed by atoms with Gasteiger partial charge in [0, 0.05) is 12.2 Å². The quantitative estimate of drug-likeness (QED) is 0.767. The van der Waals surface area contributed by atoms with E-state index in [9.17, 15) is 13.2 Å². The van der Waals surface area contributed by atoms with Crippen LogP contribution in [0.3, 0.4) is 0 Å². The first kappa shape index (κ1) is 13.7. The first-order valence-corrected chi connectivity index (χ1v) is 7.79. The summed E-state index contributed by atoms with van der Waals surface area (Å²) >= 11 is 0. The van der Waals surface area contributed by atoms with Gasteiger partial charge in [-0.1, -0.05) is 19.8 Å². The van der Waals surface area contributed by atoms with Crippen LogP contribution in [0.25, 0.3) is 0 Å². The highest BCUT2D eigenvalue weighted by Gasteiger charge is 2.42. The molecule has 4 heteroatoms. The van der Waals surface area contributed by atoms with E-state index in [2.05, 4.69) is 6.92 Å². The zero-order valence-corrected chi connectivity index (χ0v) is 11.4. The van der Waals surface area contributed by atoms with Crippen molar-refractivity contribution in [1.29, 1.82) is 0 Å². The average molecular weight is 246 g/mol. The molecule has 0 spiro atoms. The number of Topliss-reactive ketones (excluding diaryl/α,β-unsaturated/α-hetero) is 1. The molecule has 16 heavy (non-hydrogen) atoms. The number of sulfone groups is 1. The molecule has 0 heterocycles. The second kappa shape index (κ2) is 4.47. The summed E-state index contributed by atoms with van der Waals surface area (Å²) in [6, 6.07) is 0. The van der Waals surface area contributed by atoms with Gasteiger partial charge < -0.3 is 0 Å². The van der Waals surface area contributed by atoms with Gasteiger partial charge in [-0.3, -0.25) is 4.79 Å². The summed E-state index contributed by atoms with van der Waals surface area (Å²) in [5.41, 5.74) is 0. The molecule has 1 fully saturated rings. The van der Waals surface area contributed by atoms with Crippen LogP contribution in [0.5, 0.6) is 0 Å². The number of ketones is 1. The number of carbonyl (C=O) groups is 1. The second-order valence-electron chi connectivity index (χ2n) is 5.60. The highest BCUT2D eigenvalue weighted by molar-refractivity contribution is 7.92. The Labute approximate surface area is 98.5 Å². The Morgan fingerprint density at radius 1 is 1.12 bits per heavy atom. The Hall–Kier alpha value is -0.380. The molecule has 0 aromatic carbocycles. The van der Waals surface area contributed by atoms with Gasteiger partial charge in [0.2, 0.25) is 0 Å². The van der Waals surface area contributed by atoms with Crippen molar-refractivity contribution in [2.24, 2.45) is 11.8 Å². The van der Waals surface area contributed by atoms with Crippen LogP contribution in [0.2, 0.25) is 0 Å². The lowest BCUT2D eigenvalue weighted by atomic mass is 9.78. The van der Waals surface area contributed by atoms with Crippen LogP contribution in [-0.4, -0.2) is 25.2 Å². The van der Waals surface area contributed by atoms with Crippen molar-refractivity contribution < 1.29 is 13.2 Å². The minimum absolute atomic E-state index is 0.0547. The normalized spacial score (nSPS) is 27.8. The molecule has 0 saturated heterocycles. The molecule has 0 aliphatic heterocycles. The highest BCUT2D eigenvalue weighted by Crippen LogP contribution is 2.33. The van der Waals surface area contributed by atoms with E-state index >= 15 is 0 Å². The maximum Gasteiger partial charge on any atom is 0.159 e. The molecule has 94 valence electrons. The zero-order valence-electron chi connectivity index (χ0n) is 10.6. The van der Waals surface area contributed by atoms with Gasteiger partial charge in [0.05, 0.1) is 0 Å². The van der Waals surface area contributed by atoms with Gasteiger partial charge in [-0.25, -0.2) is 8.42 Å². The fourth-order valence-electron chi connectivity index (χ4n) is 2.20. The summed E-state index contributed by atoms with van der Waals surface area (Å²) < 4.78 is 21.9. The summed E-state index contributed by atoms with van der Waals surface area (Å²) in [4.78, 5) is 12.2. The lowest BCUT2D eigenvalue weighted by Crippen LogP contribution is -2.44. The van der Waals surface area contributed by atoms with Crippen LogP contribution in [0.15, 0.2) is 0 Å². The molecule has 3 nitrogen and oxygen atoms in total. The van der Waals surface area contributed by atoms with Crippen LogP contribution < -0.4 is 0 Å². The van der Waals surface area contributed by atoms with Crippen molar-refractivity contribution in [2.45, 2.75) is 51.2 Å². The number of hydrogen-bond acceptors (Lipinski definition) is 3. The monoisotopic (exact) mass is 246 g/mol. The van der Waals surface area contributed by atoms with Crippen molar-refractivity contribution in [1.82, 2.24) is 0 Å². The first-order valence-electron chi connectivity index (χ1n) is 5.90. The average Bonchev–Trinajstić information content (AvgIpc) is 2.16. The summed E-state index contributed by atoms with van der Waals surface area (Å²) in [6.07, 6.45) is 4.92. The topological polar surface area (TPSA) is 51.2 Å². The third-order valence-corrected chi connectivity index (χ3v) is 5.96. The molecular weight excluding hydrogens is 224 g/mol. The Kier molecular flexibility index (Phi) is 3.83. The molecular formula is C12H22O3S. The Morgan fingerprint density at radius 2 is 1.56 bits per heavy atom. The smallest absolute Gasteiger partial charge is 0.159 e. The van der Waals surface area contributed by atoms with E-state index in [1.807, 2.05) is 0 Å². The van der Waals surface area contributed by atoms with Crippen molar-refractivity contribution in [3.63, 3.8) is 0 Å². The van der Waals surface area contributed by atoms with Gasteiger partial charge in [0.25, 0.3) is 0 Å². The van der Waals surface area contributed by atoms with E-state index in [0.29, 0.717) is 5.92 Å². The molecule has 0 aromatic rings. The van der Waals surface area contributed by atoms with E-state index in [1.165, 1.54) is 13.8 Å². The fourth-order valence-corrected chi connectivity index (χ4v) is 2.73. The van der Waals surface area contributed by atoms with E-state index < -0.39 is 14.6 Å². The van der Waals surface area contributed by atoms with E-state index in [4.69, 9.17) is 0 Å². The van der Waals surface area contributed by atoms with E-state index in [0.717, 1.165) is 31.9 Å². The van der Waals surface area contributed by atoms with Crippen LogP contribution in [0.4, 0.5) is 0 Å². The minimum Gasteiger partial charge on any atom is -0.298 e. The van der Waals surface area contributed by atoms with Gasteiger partial charge in [-0.15, -0.1) is 0 Å². The minimum atomic E-state index is -3.31. The largest absolute Gasteiger partial charge is 0.298 e. The maximum absolute atomic E-state index is 12.2. The molecule has 0 bridgehead atoms. The molecule has 1 aliphatic carbocycles. The molecule has 0 N–H and O–H groups in total. The van der Waals surface area contributed by atoms with Crippen LogP contribution in [-0.2, 0) is 14.6 Å². The van der Waals surface area contributed by atoms with Crippen LogP contribution in [0.1, 0.15) is 46.5 Å². The maximum atomic E-state index is 12.2. The summed E-state index contributed by atoms with van der Waals surface area (Å²) in [5.74, 6) is 0.522. The van der Waals surface area contributed by atoms with Crippen LogP contribution in [0, 0.1) is 11.8 Å². The van der Waals surface area contributed by atoms with Gasteiger partial charge in [0.1, 0.15) is 4.75 Å². The SMILES string of the molecule is CC1CCC(C(=O)C(C)(C)S(C)(=O)=O)CC1. The van der Waals surface area contributed by atoms with Crippen molar-refractivity contribution in [2.75, 3.05) is 6.26 Å². The molecule has 0 aromatic heterocycles. The predicted molar refractivity (Wildman–Crippen MR) is 65.1 cm³/mol. The van der Waals surface area contributed by atoms with Gasteiger partial charge >= 0.3 is 0 Å². The van der Waals surface area contributed by atoms with E-state index in [1.54, 1.807) is 0 Å². The standard InChI is InChI=1S/C12H22O3S/c1-9-5-7-10(8-6-9)11(13)12(2,3)16(4,14)15/h9-10H,5-8H2,1-4H3. The summed E-state index contributed by atoms with van der Waals surface area (Å²) in [6.45, 7) is 5.24. The molecule has 0 unspecified atom stereocenters. The number of rotatable bonds is 3. The Balaban J connectivity index is 2.79. The third-order valence-electron chi connectivity index (χ3n) is 3.91. The molecule has 0 amide bonds. The highest BCUT2D eigenvalue weighted by atomic mass is 32.2. The lowest BCUT2D eigenvalue weighted by molar-refractivity contribution is -0.125. The lowest BCUT2D eigenvalue weighted by Gasteiger charge is -2.31. The number of hydrogen-bond donors (Lipinski definition) is 0. The second-order valence-corrected chi connectivity index (χ2v) is 8.17. The Bertz CT molecular complexity index is 360. The predicted octanol–water partition coefficient (Wildman–Crippen LogP) is 2.21. The van der Waals surface area contributed by atoms with E-state index in [-0.39, 0.29) is 11.7 Å². The van der Waals surface area contributed by atoms with Gasteiger partial charge in [-0.2, -0.15) is 0 Å². The van der Waals surface area contributed by atoms with Crippen molar-refractivity contribution >= 4 is 15.6 Å². The summed E-state index contributed by atoms with van der Waals surface area (Å²) in [7, 11) is -3.31. The first-order chi connectivity index (χ1) is 7.16. The van der Waals surface area contributed by atoms with Gasteiger partial charge in [-0.05, 0) is 32.6 Å². The third kappa shape index (κ3) is 2.65. The fraction of sp³-hybridized carbons (Fsp3) is 0.917. The molecule has 1 rings (SSSR count). The van der Waals surface area contributed by atoms with Gasteiger partial charge in [0.15, 0.2) is 15.6 Å². The molecule has 1 saturated carbocycles. The number of carbonyl (C=O) groups excluding carboxylic acids is 1. The Morgan fingerprint density at radius 3 is 1.94 bits per heavy atom. The van der Waals surface area contributed by atoms with Crippen molar-refractivity contribution in [3.8, 4) is 0 Å². The molecule has 0 radical (unpaired) electrons. The molecule has 1 aliphatic rings. The van der Waals surface area contributed by atoms with Crippen LogP contribution >= 0.6 is 0 Å². The van der Waals surface area contributed by atoms with Crippen molar-refractivity contribution in [3.05, 3.63) is 0 Å². The zero-order chi connectivity index (χ0) is 12.6. The summed E-state index contributed by atoms with van der Waals surface area (Å²) in [5, 5.41) is 0. The molecule has 0 atom stereocenters.